The molecule has 0 bridgehead atoms. The standard InChI is InChI=1S/C15H18N2O2/c1-4-11-8-6-7-9-13(11)16-15(18)14-10(3)19-17-12(14)5-2/h6-9H,4-5H2,1-3H3,(H,16,18). The van der Waals surface area contributed by atoms with E-state index in [4.69, 9.17) is 4.52 Å². The smallest absolute Gasteiger partial charge is 0.261 e. The number of rotatable bonds is 4. The van der Waals surface area contributed by atoms with Gasteiger partial charge in [0.25, 0.3) is 5.91 Å². The number of amides is 1. The molecule has 0 saturated heterocycles. The van der Waals surface area contributed by atoms with Gasteiger partial charge < -0.3 is 9.84 Å². The Morgan fingerprint density at radius 3 is 2.68 bits per heavy atom. The van der Waals surface area contributed by atoms with Gasteiger partial charge in [-0.1, -0.05) is 37.2 Å². The lowest BCUT2D eigenvalue weighted by Crippen LogP contribution is -2.15. The molecule has 1 aromatic heterocycles. The summed E-state index contributed by atoms with van der Waals surface area (Å²) in [7, 11) is 0. The summed E-state index contributed by atoms with van der Waals surface area (Å²) in [6, 6.07) is 7.80. The van der Waals surface area contributed by atoms with Crippen molar-refractivity contribution in [3.8, 4) is 0 Å². The van der Waals surface area contributed by atoms with Crippen molar-refractivity contribution in [1.29, 1.82) is 0 Å². The van der Waals surface area contributed by atoms with Crippen LogP contribution in [0, 0.1) is 6.92 Å². The highest BCUT2D eigenvalue weighted by Gasteiger charge is 2.19. The van der Waals surface area contributed by atoms with Gasteiger partial charge in [-0.25, -0.2) is 0 Å². The number of benzene rings is 1. The van der Waals surface area contributed by atoms with Gasteiger partial charge in [0.05, 0.1) is 5.69 Å². The maximum atomic E-state index is 12.3. The van der Waals surface area contributed by atoms with Crippen molar-refractivity contribution in [2.24, 2.45) is 0 Å². The predicted molar refractivity (Wildman–Crippen MR) is 74.4 cm³/mol. The lowest BCUT2D eigenvalue weighted by atomic mass is 10.1. The largest absolute Gasteiger partial charge is 0.361 e. The van der Waals surface area contributed by atoms with Crippen molar-refractivity contribution in [2.75, 3.05) is 5.32 Å². The summed E-state index contributed by atoms with van der Waals surface area (Å²) in [6.45, 7) is 5.77. The van der Waals surface area contributed by atoms with Crippen LogP contribution in [-0.4, -0.2) is 11.1 Å². The molecular weight excluding hydrogens is 240 g/mol. The third-order valence-electron chi connectivity index (χ3n) is 3.14. The molecule has 0 fully saturated rings. The molecule has 0 aliphatic carbocycles. The fourth-order valence-electron chi connectivity index (χ4n) is 2.09. The maximum Gasteiger partial charge on any atom is 0.261 e. The van der Waals surface area contributed by atoms with E-state index in [9.17, 15) is 4.79 Å². The number of aromatic nitrogens is 1. The zero-order valence-electron chi connectivity index (χ0n) is 11.5. The van der Waals surface area contributed by atoms with Crippen molar-refractivity contribution < 1.29 is 9.32 Å². The summed E-state index contributed by atoms with van der Waals surface area (Å²) in [5.74, 6) is 0.403. The molecule has 1 amide bonds. The molecule has 1 heterocycles. The lowest BCUT2D eigenvalue weighted by molar-refractivity contribution is 0.102. The third kappa shape index (κ3) is 2.67. The van der Waals surface area contributed by atoms with E-state index in [2.05, 4.69) is 17.4 Å². The zero-order chi connectivity index (χ0) is 13.8. The second-order valence-corrected chi connectivity index (χ2v) is 4.38. The van der Waals surface area contributed by atoms with Gasteiger partial charge >= 0.3 is 0 Å². The van der Waals surface area contributed by atoms with E-state index < -0.39 is 0 Å². The van der Waals surface area contributed by atoms with Gasteiger partial charge in [-0.2, -0.15) is 0 Å². The minimum atomic E-state index is -0.156. The Kier molecular flexibility index (Phi) is 4.00. The second-order valence-electron chi connectivity index (χ2n) is 4.38. The van der Waals surface area contributed by atoms with Crippen LogP contribution in [0.15, 0.2) is 28.8 Å². The molecule has 0 atom stereocenters. The molecule has 100 valence electrons. The Morgan fingerprint density at radius 2 is 2.00 bits per heavy atom. The molecule has 0 unspecified atom stereocenters. The quantitative estimate of drug-likeness (QED) is 0.914. The van der Waals surface area contributed by atoms with Crippen molar-refractivity contribution in [3.05, 3.63) is 46.8 Å². The average Bonchev–Trinajstić information content (AvgIpc) is 2.80. The third-order valence-corrected chi connectivity index (χ3v) is 3.14. The SMILES string of the molecule is CCc1ccccc1NC(=O)c1c(CC)noc1C. The first-order chi connectivity index (χ1) is 9.17. The van der Waals surface area contributed by atoms with Gasteiger partial charge in [0.15, 0.2) is 0 Å². The minimum absolute atomic E-state index is 0.156. The summed E-state index contributed by atoms with van der Waals surface area (Å²) in [6.07, 6.45) is 1.55. The van der Waals surface area contributed by atoms with Crippen LogP contribution in [-0.2, 0) is 12.8 Å². The lowest BCUT2D eigenvalue weighted by Gasteiger charge is -2.09. The number of anilines is 1. The fraction of sp³-hybridized carbons (Fsp3) is 0.333. The van der Waals surface area contributed by atoms with E-state index in [-0.39, 0.29) is 5.91 Å². The highest BCUT2D eigenvalue weighted by Crippen LogP contribution is 2.19. The summed E-state index contributed by atoms with van der Waals surface area (Å²) in [5.41, 5.74) is 3.21. The molecule has 0 spiro atoms. The molecule has 19 heavy (non-hydrogen) atoms. The van der Waals surface area contributed by atoms with Crippen molar-refractivity contribution in [2.45, 2.75) is 33.6 Å². The molecule has 1 aromatic carbocycles. The van der Waals surface area contributed by atoms with E-state index in [1.807, 2.05) is 31.2 Å². The zero-order valence-corrected chi connectivity index (χ0v) is 11.5. The number of carbonyl (C=O) groups is 1. The monoisotopic (exact) mass is 258 g/mol. The Balaban J connectivity index is 2.28. The normalized spacial score (nSPS) is 10.5. The molecule has 4 heteroatoms. The molecule has 0 aliphatic heterocycles. The Bertz CT molecular complexity index is 588. The highest BCUT2D eigenvalue weighted by molar-refractivity contribution is 6.06. The van der Waals surface area contributed by atoms with E-state index in [1.54, 1.807) is 6.92 Å². The number of para-hydroxylation sites is 1. The maximum absolute atomic E-state index is 12.3. The minimum Gasteiger partial charge on any atom is -0.361 e. The Morgan fingerprint density at radius 1 is 1.26 bits per heavy atom. The van der Waals surface area contributed by atoms with Crippen molar-refractivity contribution in [1.82, 2.24) is 5.16 Å². The van der Waals surface area contributed by atoms with Gasteiger partial charge in [0, 0.05) is 5.69 Å². The van der Waals surface area contributed by atoms with Crippen LogP contribution in [0.25, 0.3) is 0 Å². The summed E-state index contributed by atoms with van der Waals surface area (Å²) in [4.78, 5) is 12.3. The van der Waals surface area contributed by atoms with E-state index >= 15 is 0 Å². The molecular formula is C15H18N2O2. The topological polar surface area (TPSA) is 55.1 Å². The van der Waals surface area contributed by atoms with Crippen LogP contribution in [0.1, 0.15) is 41.2 Å². The first-order valence-corrected chi connectivity index (χ1v) is 6.51. The molecule has 2 rings (SSSR count). The predicted octanol–water partition coefficient (Wildman–Crippen LogP) is 3.36. The number of carbonyl (C=O) groups excluding carboxylic acids is 1. The Hall–Kier alpha value is -2.10. The van der Waals surface area contributed by atoms with Gasteiger partial charge in [-0.3, -0.25) is 4.79 Å². The van der Waals surface area contributed by atoms with E-state index in [0.29, 0.717) is 23.4 Å². The molecule has 0 saturated carbocycles. The highest BCUT2D eigenvalue weighted by atomic mass is 16.5. The van der Waals surface area contributed by atoms with E-state index in [0.717, 1.165) is 17.7 Å². The summed E-state index contributed by atoms with van der Waals surface area (Å²) in [5, 5.41) is 6.84. The van der Waals surface area contributed by atoms with Gasteiger partial charge in [-0.15, -0.1) is 0 Å². The molecule has 2 aromatic rings. The number of hydrogen-bond donors (Lipinski definition) is 1. The fourth-order valence-corrected chi connectivity index (χ4v) is 2.09. The van der Waals surface area contributed by atoms with Gasteiger partial charge in [0.1, 0.15) is 11.3 Å². The van der Waals surface area contributed by atoms with Crippen LogP contribution in [0.3, 0.4) is 0 Å². The van der Waals surface area contributed by atoms with Crippen LogP contribution in [0.5, 0.6) is 0 Å². The average molecular weight is 258 g/mol. The first kappa shape index (κ1) is 13.3. The van der Waals surface area contributed by atoms with Crippen molar-refractivity contribution >= 4 is 11.6 Å². The molecule has 0 aliphatic rings. The number of hydrogen-bond acceptors (Lipinski definition) is 3. The number of aryl methyl sites for hydroxylation is 3. The summed E-state index contributed by atoms with van der Waals surface area (Å²) < 4.78 is 5.09. The number of nitrogens with one attached hydrogen (secondary N) is 1. The van der Waals surface area contributed by atoms with Gasteiger partial charge in [-0.05, 0) is 31.4 Å². The van der Waals surface area contributed by atoms with Gasteiger partial charge in [0.2, 0.25) is 0 Å². The molecule has 0 radical (unpaired) electrons. The Labute approximate surface area is 112 Å². The second kappa shape index (κ2) is 5.69. The van der Waals surface area contributed by atoms with Crippen LogP contribution < -0.4 is 5.32 Å². The molecule has 1 N–H and O–H groups in total. The summed E-state index contributed by atoms with van der Waals surface area (Å²) >= 11 is 0. The first-order valence-electron chi connectivity index (χ1n) is 6.51. The van der Waals surface area contributed by atoms with Crippen molar-refractivity contribution in [3.63, 3.8) is 0 Å². The van der Waals surface area contributed by atoms with E-state index in [1.165, 1.54) is 0 Å². The van der Waals surface area contributed by atoms with Crippen LogP contribution >= 0.6 is 0 Å². The number of nitrogens with zero attached hydrogens (tertiary/aromatic N) is 1. The van der Waals surface area contributed by atoms with Crippen LogP contribution in [0.2, 0.25) is 0 Å². The molecule has 4 nitrogen and oxygen atoms in total. The van der Waals surface area contributed by atoms with Crippen LogP contribution in [0.4, 0.5) is 5.69 Å².